The number of nitrogens with two attached hydrogens (primary N) is 1. The van der Waals surface area contributed by atoms with Crippen LogP contribution >= 0.6 is 0 Å². The van der Waals surface area contributed by atoms with Crippen LogP contribution in [0.1, 0.15) is 39.5 Å². The van der Waals surface area contributed by atoms with Gasteiger partial charge in [-0.3, -0.25) is 9.59 Å². The molecule has 0 saturated carbocycles. The average molecular weight is 241 g/mol. The van der Waals surface area contributed by atoms with Crippen molar-refractivity contribution in [2.24, 2.45) is 11.1 Å². The molecular weight excluding hydrogens is 218 g/mol. The van der Waals surface area contributed by atoms with Crippen molar-refractivity contribution in [1.82, 2.24) is 10.6 Å². The van der Waals surface area contributed by atoms with Gasteiger partial charge in [0.05, 0.1) is 5.41 Å². The Morgan fingerprint density at radius 1 is 1.53 bits per heavy atom. The summed E-state index contributed by atoms with van der Waals surface area (Å²) in [7, 11) is 0. The molecule has 0 bridgehead atoms. The van der Waals surface area contributed by atoms with Gasteiger partial charge in [0.15, 0.2) is 0 Å². The summed E-state index contributed by atoms with van der Waals surface area (Å²) in [5, 5.41) is 6.14. The van der Waals surface area contributed by atoms with E-state index in [1.165, 1.54) is 0 Å². The Morgan fingerprint density at radius 3 is 2.71 bits per heavy atom. The van der Waals surface area contributed by atoms with Gasteiger partial charge >= 0.3 is 0 Å². The molecule has 1 fully saturated rings. The van der Waals surface area contributed by atoms with Crippen LogP contribution in [0.3, 0.4) is 0 Å². The van der Waals surface area contributed by atoms with Crippen LogP contribution in [0.5, 0.6) is 0 Å². The van der Waals surface area contributed by atoms with E-state index in [4.69, 9.17) is 5.73 Å². The first kappa shape index (κ1) is 14.0. The van der Waals surface area contributed by atoms with E-state index in [9.17, 15) is 9.59 Å². The largest absolute Gasteiger partial charge is 0.370 e. The Morgan fingerprint density at radius 2 is 2.24 bits per heavy atom. The topological polar surface area (TPSA) is 84.2 Å². The molecule has 2 atom stereocenters. The molecule has 1 saturated heterocycles. The maximum absolute atomic E-state index is 12.2. The number of rotatable bonds is 6. The highest BCUT2D eigenvalue weighted by Crippen LogP contribution is 2.31. The number of primary amides is 1. The van der Waals surface area contributed by atoms with E-state index in [1.807, 2.05) is 6.92 Å². The highest BCUT2D eigenvalue weighted by atomic mass is 16.2. The lowest BCUT2D eigenvalue weighted by Gasteiger charge is -2.28. The van der Waals surface area contributed by atoms with Gasteiger partial charge in [-0.25, -0.2) is 0 Å². The summed E-state index contributed by atoms with van der Waals surface area (Å²) in [6.07, 6.45) is 2.94. The maximum Gasteiger partial charge on any atom is 0.227 e. The van der Waals surface area contributed by atoms with Crippen molar-refractivity contribution in [1.29, 1.82) is 0 Å². The lowest BCUT2D eigenvalue weighted by atomic mass is 9.81. The van der Waals surface area contributed by atoms with Crippen molar-refractivity contribution in [3.05, 3.63) is 0 Å². The zero-order valence-electron chi connectivity index (χ0n) is 10.7. The van der Waals surface area contributed by atoms with Gasteiger partial charge in [0.2, 0.25) is 11.8 Å². The Bertz CT molecular complexity index is 285. The summed E-state index contributed by atoms with van der Waals surface area (Å²) in [4.78, 5) is 23.0. The van der Waals surface area contributed by atoms with E-state index in [-0.39, 0.29) is 29.7 Å². The predicted octanol–water partition coefficient (Wildman–Crippen LogP) is 0.146. The molecule has 1 rings (SSSR count). The van der Waals surface area contributed by atoms with Gasteiger partial charge in [-0.15, -0.1) is 0 Å². The number of amides is 2. The van der Waals surface area contributed by atoms with Gasteiger partial charge in [0.1, 0.15) is 0 Å². The van der Waals surface area contributed by atoms with Crippen molar-refractivity contribution >= 4 is 11.8 Å². The summed E-state index contributed by atoms with van der Waals surface area (Å²) >= 11 is 0. The standard InChI is InChI=1S/C12H23N3O2/c1-3-4-12(5-6-14-8-12)11(17)15-9(2)7-10(13)16/h9,14H,3-8H2,1-2H3,(H2,13,16)(H,15,17). The second-order valence-corrected chi connectivity index (χ2v) is 5.00. The summed E-state index contributed by atoms with van der Waals surface area (Å²) in [5.74, 6) is -0.329. The normalized spacial score (nSPS) is 25.5. The van der Waals surface area contributed by atoms with Crippen LogP contribution < -0.4 is 16.4 Å². The molecule has 0 radical (unpaired) electrons. The minimum Gasteiger partial charge on any atom is -0.370 e. The highest BCUT2D eigenvalue weighted by molar-refractivity contribution is 5.84. The van der Waals surface area contributed by atoms with E-state index in [0.29, 0.717) is 0 Å². The van der Waals surface area contributed by atoms with E-state index in [0.717, 1.165) is 32.4 Å². The quantitative estimate of drug-likeness (QED) is 0.618. The van der Waals surface area contributed by atoms with E-state index >= 15 is 0 Å². The number of hydrogen-bond acceptors (Lipinski definition) is 3. The number of carbonyl (C=O) groups is 2. The average Bonchev–Trinajstić information content (AvgIpc) is 2.66. The molecule has 4 N–H and O–H groups in total. The fourth-order valence-corrected chi connectivity index (χ4v) is 2.47. The molecule has 0 aliphatic carbocycles. The zero-order chi connectivity index (χ0) is 12.9. The van der Waals surface area contributed by atoms with Crippen LogP contribution in [0.2, 0.25) is 0 Å². The van der Waals surface area contributed by atoms with Crippen LogP contribution in [0, 0.1) is 5.41 Å². The highest BCUT2D eigenvalue weighted by Gasteiger charge is 2.40. The van der Waals surface area contributed by atoms with Crippen LogP contribution in [0.15, 0.2) is 0 Å². The van der Waals surface area contributed by atoms with Crippen LogP contribution in [-0.2, 0) is 9.59 Å². The third-order valence-corrected chi connectivity index (χ3v) is 3.34. The van der Waals surface area contributed by atoms with Gasteiger partial charge < -0.3 is 16.4 Å². The molecule has 0 aromatic rings. The predicted molar refractivity (Wildman–Crippen MR) is 66.2 cm³/mol. The molecule has 1 aliphatic rings. The Labute approximate surface area is 103 Å². The number of hydrogen-bond donors (Lipinski definition) is 3. The van der Waals surface area contributed by atoms with Crippen molar-refractivity contribution < 1.29 is 9.59 Å². The van der Waals surface area contributed by atoms with Crippen LogP contribution in [0.25, 0.3) is 0 Å². The summed E-state index contributed by atoms with van der Waals surface area (Å²) in [6.45, 7) is 5.51. The lowest BCUT2D eigenvalue weighted by molar-refractivity contribution is -0.131. The molecule has 0 spiro atoms. The van der Waals surface area contributed by atoms with Crippen LogP contribution in [0.4, 0.5) is 0 Å². The lowest BCUT2D eigenvalue weighted by Crippen LogP contribution is -2.46. The van der Waals surface area contributed by atoms with E-state index < -0.39 is 0 Å². The van der Waals surface area contributed by atoms with Crippen molar-refractivity contribution in [3.63, 3.8) is 0 Å². The third-order valence-electron chi connectivity index (χ3n) is 3.34. The summed E-state index contributed by atoms with van der Waals surface area (Å²) in [6, 6.07) is -0.186. The molecule has 1 heterocycles. The molecule has 2 amide bonds. The van der Waals surface area contributed by atoms with Gasteiger partial charge in [0.25, 0.3) is 0 Å². The van der Waals surface area contributed by atoms with Crippen LogP contribution in [-0.4, -0.2) is 30.9 Å². The Kier molecular flexibility index (Phi) is 4.93. The van der Waals surface area contributed by atoms with Gasteiger partial charge in [0, 0.05) is 19.0 Å². The molecule has 2 unspecified atom stereocenters. The van der Waals surface area contributed by atoms with E-state index in [2.05, 4.69) is 17.6 Å². The summed E-state index contributed by atoms with van der Waals surface area (Å²) < 4.78 is 0. The fourth-order valence-electron chi connectivity index (χ4n) is 2.47. The van der Waals surface area contributed by atoms with Gasteiger partial charge in [-0.1, -0.05) is 13.3 Å². The minimum absolute atomic E-state index is 0.0538. The molecule has 0 aromatic carbocycles. The first-order valence-electron chi connectivity index (χ1n) is 6.30. The SMILES string of the molecule is CCCC1(C(=O)NC(C)CC(N)=O)CCNC1. The van der Waals surface area contributed by atoms with Crippen molar-refractivity contribution in [3.8, 4) is 0 Å². The van der Waals surface area contributed by atoms with Crippen molar-refractivity contribution in [2.45, 2.75) is 45.6 Å². The molecule has 1 aliphatic heterocycles. The zero-order valence-corrected chi connectivity index (χ0v) is 10.7. The fraction of sp³-hybridized carbons (Fsp3) is 0.833. The smallest absolute Gasteiger partial charge is 0.227 e. The monoisotopic (exact) mass is 241 g/mol. The second-order valence-electron chi connectivity index (χ2n) is 5.00. The Balaban J connectivity index is 2.57. The Hall–Kier alpha value is -1.10. The molecule has 0 aromatic heterocycles. The molecule has 5 heteroatoms. The van der Waals surface area contributed by atoms with Gasteiger partial charge in [-0.05, 0) is 26.3 Å². The first-order valence-corrected chi connectivity index (χ1v) is 6.30. The first-order chi connectivity index (χ1) is 8.00. The summed E-state index contributed by atoms with van der Waals surface area (Å²) in [5.41, 5.74) is 4.82. The molecule has 5 nitrogen and oxygen atoms in total. The number of carbonyl (C=O) groups excluding carboxylic acids is 2. The third kappa shape index (κ3) is 3.70. The second kappa shape index (κ2) is 6.00. The maximum atomic E-state index is 12.2. The molecule has 17 heavy (non-hydrogen) atoms. The van der Waals surface area contributed by atoms with Gasteiger partial charge in [-0.2, -0.15) is 0 Å². The van der Waals surface area contributed by atoms with E-state index in [1.54, 1.807) is 0 Å². The van der Waals surface area contributed by atoms with Crippen molar-refractivity contribution in [2.75, 3.05) is 13.1 Å². The molecule has 98 valence electrons. The molecular formula is C12H23N3O2. The number of nitrogens with one attached hydrogen (secondary N) is 2. The minimum atomic E-state index is -0.383.